The van der Waals surface area contributed by atoms with Gasteiger partial charge >= 0.3 is 0 Å². The zero-order valence-corrected chi connectivity index (χ0v) is 11.7. The fourth-order valence-electron chi connectivity index (χ4n) is 2.25. The maximum atomic E-state index is 5.38. The molecule has 0 aliphatic heterocycles. The van der Waals surface area contributed by atoms with Crippen molar-refractivity contribution in [3.63, 3.8) is 0 Å². The average molecular weight is 269 g/mol. The number of hydrogen-bond acceptors (Lipinski definition) is 2. The van der Waals surface area contributed by atoms with E-state index >= 15 is 0 Å². The molecule has 2 aromatic heterocycles. The molecule has 19 heavy (non-hydrogen) atoms. The molecule has 0 aliphatic carbocycles. The van der Waals surface area contributed by atoms with Crippen LogP contribution < -0.4 is 0 Å². The number of aromatic nitrogens is 3. The third-order valence-electron chi connectivity index (χ3n) is 3.23. The van der Waals surface area contributed by atoms with Crippen LogP contribution in [0.1, 0.15) is 25.5 Å². The first-order chi connectivity index (χ1) is 9.16. The van der Waals surface area contributed by atoms with Gasteiger partial charge in [0.25, 0.3) is 0 Å². The summed E-state index contributed by atoms with van der Waals surface area (Å²) >= 11 is 5.38. The van der Waals surface area contributed by atoms with Gasteiger partial charge in [0.1, 0.15) is 0 Å². The lowest BCUT2D eigenvalue weighted by atomic mass is 10.1. The first-order valence-electron chi connectivity index (χ1n) is 6.32. The van der Waals surface area contributed by atoms with Crippen molar-refractivity contribution in [2.75, 3.05) is 0 Å². The Morgan fingerprint density at radius 1 is 1.26 bits per heavy atom. The van der Waals surface area contributed by atoms with E-state index in [-0.39, 0.29) is 0 Å². The van der Waals surface area contributed by atoms with E-state index in [0.717, 1.165) is 16.6 Å². The van der Waals surface area contributed by atoms with Gasteiger partial charge in [-0.3, -0.25) is 9.55 Å². The molecule has 0 amide bonds. The number of rotatable bonds is 2. The summed E-state index contributed by atoms with van der Waals surface area (Å²) in [6.07, 6.45) is 3.85. The number of para-hydroxylation sites is 1. The molecule has 0 fully saturated rings. The number of benzene rings is 1. The number of H-pyrrole nitrogens is 1. The summed E-state index contributed by atoms with van der Waals surface area (Å²) in [4.78, 5) is 7.61. The van der Waals surface area contributed by atoms with Crippen molar-refractivity contribution in [3.05, 3.63) is 53.2 Å². The summed E-state index contributed by atoms with van der Waals surface area (Å²) in [5.41, 5.74) is 3.18. The van der Waals surface area contributed by atoms with Gasteiger partial charge in [-0.25, -0.2) is 0 Å². The van der Waals surface area contributed by atoms with Crippen molar-refractivity contribution in [1.29, 1.82) is 0 Å². The maximum absolute atomic E-state index is 5.38. The van der Waals surface area contributed by atoms with Crippen LogP contribution in [0.5, 0.6) is 0 Å². The Morgan fingerprint density at radius 3 is 2.84 bits per heavy atom. The van der Waals surface area contributed by atoms with E-state index in [1.165, 1.54) is 5.69 Å². The summed E-state index contributed by atoms with van der Waals surface area (Å²) in [7, 11) is 0. The van der Waals surface area contributed by atoms with Gasteiger partial charge in [0.15, 0.2) is 4.77 Å². The fourth-order valence-corrected chi connectivity index (χ4v) is 2.52. The number of nitrogens with zero attached hydrogens (tertiary/aromatic N) is 2. The molecule has 4 heteroatoms. The third kappa shape index (κ3) is 2.08. The second-order valence-corrected chi connectivity index (χ2v) is 5.28. The molecule has 0 unspecified atom stereocenters. The Labute approximate surface area is 116 Å². The Morgan fingerprint density at radius 2 is 2.05 bits per heavy atom. The summed E-state index contributed by atoms with van der Waals surface area (Å²) in [6.45, 7) is 4.31. The van der Waals surface area contributed by atoms with Crippen LogP contribution in [0.2, 0.25) is 0 Å². The lowest BCUT2D eigenvalue weighted by Gasteiger charge is -2.11. The van der Waals surface area contributed by atoms with Gasteiger partial charge in [-0.1, -0.05) is 32.0 Å². The van der Waals surface area contributed by atoms with Crippen LogP contribution in [0, 0.1) is 4.77 Å². The van der Waals surface area contributed by atoms with E-state index in [1.807, 2.05) is 30.6 Å². The molecule has 3 rings (SSSR count). The minimum atomic E-state index is 0.402. The molecular weight excluding hydrogens is 254 g/mol. The summed E-state index contributed by atoms with van der Waals surface area (Å²) in [5, 5.41) is 1.12. The second-order valence-electron chi connectivity index (χ2n) is 4.90. The van der Waals surface area contributed by atoms with Gasteiger partial charge in [0, 0.05) is 17.3 Å². The van der Waals surface area contributed by atoms with Crippen molar-refractivity contribution in [2.24, 2.45) is 0 Å². The maximum Gasteiger partial charge on any atom is 0.182 e. The first kappa shape index (κ1) is 12.1. The number of pyridine rings is 1. The highest BCUT2D eigenvalue weighted by atomic mass is 32.1. The second kappa shape index (κ2) is 4.63. The molecule has 1 N–H and O–H groups in total. The molecule has 96 valence electrons. The summed E-state index contributed by atoms with van der Waals surface area (Å²) in [6, 6.07) is 10.2. The molecule has 0 radical (unpaired) electrons. The molecular formula is C15H15N3S. The molecule has 0 saturated heterocycles. The van der Waals surface area contributed by atoms with Crippen molar-refractivity contribution in [3.8, 4) is 5.69 Å². The van der Waals surface area contributed by atoms with E-state index in [1.54, 1.807) is 0 Å². The predicted molar refractivity (Wildman–Crippen MR) is 80.3 cm³/mol. The van der Waals surface area contributed by atoms with Crippen LogP contribution in [0.15, 0.2) is 42.7 Å². The van der Waals surface area contributed by atoms with E-state index < -0.39 is 0 Å². The van der Waals surface area contributed by atoms with Crippen LogP contribution in [0.25, 0.3) is 16.6 Å². The van der Waals surface area contributed by atoms with Gasteiger partial charge in [-0.2, -0.15) is 0 Å². The minimum absolute atomic E-state index is 0.402. The highest BCUT2D eigenvalue weighted by Crippen LogP contribution is 2.22. The van der Waals surface area contributed by atoms with Crippen LogP contribution in [0.3, 0.4) is 0 Å². The van der Waals surface area contributed by atoms with Gasteiger partial charge in [0.2, 0.25) is 0 Å². The highest BCUT2D eigenvalue weighted by Gasteiger charge is 2.10. The van der Waals surface area contributed by atoms with Crippen LogP contribution in [-0.4, -0.2) is 14.5 Å². The number of aromatic amines is 1. The van der Waals surface area contributed by atoms with Crippen molar-refractivity contribution >= 4 is 23.1 Å². The number of hydrogen-bond donors (Lipinski definition) is 1. The molecule has 0 spiro atoms. The normalized spacial score (nSPS) is 11.3. The van der Waals surface area contributed by atoms with E-state index in [4.69, 9.17) is 12.2 Å². The Balaban J connectivity index is 2.24. The molecule has 1 aromatic carbocycles. The monoisotopic (exact) mass is 269 g/mol. The largest absolute Gasteiger partial charge is 0.337 e. The molecule has 0 aliphatic rings. The SMILES string of the molecule is CC(C)c1c[nH]c(=S)n1-c1cnc2ccccc2c1. The van der Waals surface area contributed by atoms with Crippen molar-refractivity contribution in [1.82, 2.24) is 14.5 Å². The topological polar surface area (TPSA) is 33.6 Å². The first-order valence-corrected chi connectivity index (χ1v) is 6.73. The molecule has 3 nitrogen and oxygen atoms in total. The lowest BCUT2D eigenvalue weighted by molar-refractivity contribution is 0.782. The number of imidazole rings is 1. The number of fused-ring (bicyclic) bond motifs is 1. The predicted octanol–water partition coefficient (Wildman–Crippen LogP) is 4.21. The minimum Gasteiger partial charge on any atom is -0.337 e. The van der Waals surface area contributed by atoms with Gasteiger partial charge < -0.3 is 4.98 Å². The molecule has 2 heterocycles. The van der Waals surface area contributed by atoms with Crippen LogP contribution in [-0.2, 0) is 0 Å². The van der Waals surface area contributed by atoms with Gasteiger partial charge in [-0.05, 0) is 30.3 Å². The Kier molecular flexibility index (Phi) is 2.95. The van der Waals surface area contributed by atoms with E-state index in [2.05, 4.69) is 40.5 Å². The van der Waals surface area contributed by atoms with Crippen LogP contribution in [0.4, 0.5) is 0 Å². The zero-order chi connectivity index (χ0) is 13.4. The standard InChI is InChI=1S/C15H15N3S/c1-10(2)14-9-17-15(19)18(14)12-7-11-5-3-4-6-13(11)16-8-12/h3-10H,1-2H3,(H,17,19). The van der Waals surface area contributed by atoms with Crippen LogP contribution >= 0.6 is 12.2 Å². The molecule has 3 aromatic rings. The molecule has 0 bridgehead atoms. The zero-order valence-electron chi connectivity index (χ0n) is 10.9. The Bertz CT molecular complexity index is 783. The van der Waals surface area contributed by atoms with E-state index in [9.17, 15) is 0 Å². The average Bonchev–Trinajstić information content (AvgIpc) is 2.80. The van der Waals surface area contributed by atoms with Gasteiger partial charge in [0.05, 0.1) is 17.4 Å². The summed E-state index contributed by atoms with van der Waals surface area (Å²) < 4.78 is 2.76. The smallest absolute Gasteiger partial charge is 0.182 e. The molecule has 0 atom stereocenters. The van der Waals surface area contributed by atoms with Crippen molar-refractivity contribution in [2.45, 2.75) is 19.8 Å². The summed E-state index contributed by atoms with van der Waals surface area (Å²) in [5.74, 6) is 0.402. The number of nitrogens with one attached hydrogen (secondary N) is 1. The quantitative estimate of drug-likeness (QED) is 0.707. The van der Waals surface area contributed by atoms with Crippen molar-refractivity contribution < 1.29 is 0 Å². The lowest BCUT2D eigenvalue weighted by Crippen LogP contribution is -2.02. The Hall–Kier alpha value is -1.94. The third-order valence-corrected chi connectivity index (χ3v) is 3.53. The van der Waals surface area contributed by atoms with Gasteiger partial charge in [-0.15, -0.1) is 0 Å². The fraction of sp³-hybridized carbons (Fsp3) is 0.200. The highest BCUT2D eigenvalue weighted by molar-refractivity contribution is 7.71. The van der Waals surface area contributed by atoms with E-state index in [0.29, 0.717) is 10.7 Å². The molecule has 0 saturated carbocycles.